The summed E-state index contributed by atoms with van der Waals surface area (Å²) in [7, 11) is -3.16. The minimum atomic E-state index is -4.63. The third-order valence-corrected chi connectivity index (χ3v) is 4.82. The molecule has 1 saturated heterocycles. The minimum absolute atomic E-state index is 0.0656. The largest absolute Gasteiger partial charge is 0.465 e. The maximum absolute atomic E-state index is 12.9. The van der Waals surface area contributed by atoms with Crippen molar-refractivity contribution in [3.8, 4) is 0 Å². The molecule has 1 amide bonds. The van der Waals surface area contributed by atoms with Crippen LogP contribution in [0, 0.1) is 0 Å². The van der Waals surface area contributed by atoms with Crippen molar-refractivity contribution in [3.63, 3.8) is 0 Å². The second kappa shape index (κ2) is 5.67. The van der Waals surface area contributed by atoms with E-state index in [2.05, 4.69) is 0 Å². The molecule has 6 nitrogen and oxygen atoms in total. The molecule has 0 saturated carbocycles. The smallest absolute Gasteiger partial charge is 0.416 e. The molecule has 1 heterocycles. The van der Waals surface area contributed by atoms with E-state index in [0.717, 1.165) is 6.07 Å². The van der Waals surface area contributed by atoms with Gasteiger partial charge in [0.15, 0.2) is 9.84 Å². The number of nitrogens with one attached hydrogen (secondary N) is 1. The lowest BCUT2D eigenvalue weighted by Gasteiger charge is -2.29. The van der Waals surface area contributed by atoms with Gasteiger partial charge in [0.25, 0.3) is 0 Å². The van der Waals surface area contributed by atoms with E-state index >= 15 is 0 Å². The molecule has 0 aliphatic carbocycles. The van der Waals surface area contributed by atoms with Crippen molar-refractivity contribution in [2.75, 3.05) is 34.8 Å². The van der Waals surface area contributed by atoms with Crippen molar-refractivity contribution in [3.05, 3.63) is 23.8 Å². The average Bonchev–Trinajstić information content (AvgIpc) is 2.36. The van der Waals surface area contributed by atoms with Crippen LogP contribution in [-0.2, 0) is 16.0 Å². The Labute approximate surface area is 124 Å². The van der Waals surface area contributed by atoms with Gasteiger partial charge in [0.2, 0.25) is 0 Å². The molecule has 1 aliphatic heterocycles. The molecule has 1 aromatic carbocycles. The zero-order valence-electron chi connectivity index (χ0n) is 11.2. The fourth-order valence-electron chi connectivity index (χ4n) is 2.12. The Kier molecular flexibility index (Phi) is 4.23. The SMILES string of the molecule is O=C(O)Nc1cc(N2CCS(=O)(=O)CC2)cc(C(F)(F)F)c1. The van der Waals surface area contributed by atoms with Crippen LogP contribution in [0.5, 0.6) is 0 Å². The van der Waals surface area contributed by atoms with Gasteiger partial charge in [0, 0.05) is 24.5 Å². The number of amides is 1. The molecule has 10 heteroatoms. The topological polar surface area (TPSA) is 86.7 Å². The van der Waals surface area contributed by atoms with Gasteiger partial charge >= 0.3 is 12.3 Å². The summed E-state index contributed by atoms with van der Waals surface area (Å²) >= 11 is 0. The van der Waals surface area contributed by atoms with Crippen LogP contribution in [0.3, 0.4) is 0 Å². The monoisotopic (exact) mass is 338 g/mol. The number of hydrogen-bond donors (Lipinski definition) is 2. The van der Waals surface area contributed by atoms with Crippen LogP contribution >= 0.6 is 0 Å². The molecule has 0 unspecified atom stereocenters. The molecule has 1 fully saturated rings. The first-order chi connectivity index (χ1) is 10.1. The van der Waals surface area contributed by atoms with Gasteiger partial charge in [-0.25, -0.2) is 13.2 Å². The molecule has 0 bridgehead atoms. The molecule has 0 spiro atoms. The summed E-state index contributed by atoms with van der Waals surface area (Å²) in [5, 5.41) is 10.5. The molecular weight excluding hydrogens is 325 g/mol. The number of benzene rings is 1. The number of alkyl halides is 3. The van der Waals surface area contributed by atoms with Crippen LogP contribution < -0.4 is 10.2 Å². The van der Waals surface area contributed by atoms with Crippen LogP contribution in [0.1, 0.15) is 5.56 Å². The van der Waals surface area contributed by atoms with Gasteiger partial charge in [-0.05, 0) is 18.2 Å². The maximum Gasteiger partial charge on any atom is 0.416 e. The Morgan fingerprint density at radius 2 is 1.77 bits per heavy atom. The Balaban J connectivity index is 2.36. The molecule has 0 atom stereocenters. The predicted molar refractivity (Wildman–Crippen MR) is 74.0 cm³/mol. The third-order valence-electron chi connectivity index (χ3n) is 3.21. The Morgan fingerprint density at radius 1 is 1.18 bits per heavy atom. The third kappa shape index (κ3) is 4.03. The number of carbonyl (C=O) groups is 1. The molecule has 0 aromatic heterocycles. The Morgan fingerprint density at radius 3 is 2.27 bits per heavy atom. The number of halogens is 3. The highest BCUT2D eigenvalue weighted by Crippen LogP contribution is 2.34. The minimum Gasteiger partial charge on any atom is -0.465 e. The maximum atomic E-state index is 12.9. The summed E-state index contributed by atoms with van der Waals surface area (Å²) in [5.41, 5.74) is -1.08. The quantitative estimate of drug-likeness (QED) is 0.862. The highest BCUT2D eigenvalue weighted by Gasteiger charge is 2.32. The lowest BCUT2D eigenvalue weighted by molar-refractivity contribution is -0.137. The number of rotatable bonds is 2. The summed E-state index contributed by atoms with van der Waals surface area (Å²) in [6.45, 7) is 0.131. The van der Waals surface area contributed by atoms with Crippen LogP contribution in [0.15, 0.2) is 18.2 Å². The predicted octanol–water partition coefficient (Wildman–Crippen LogP) is 2.03. The first-order valence-corrected chi connectivity index (χ1v) is 8.06. The summed E-state index contributed by atoms with van der Waals surface area (Å²) in [5.74, 6) is -0.296. The van der Waals surface area contributed by atoms with E-state index in [4.69, 9.17) is 5.11 Å². The van der Waals surface area contributed by atoms with Crippen molar-refractivity contribution < 1.29 is 31.5 Å². The molecule has 0 radical (unpaired) electrons. The summed E-state index contributed by atoms with van der Waals surface area (Å²) in [6.07, 6.45) is -6.11. The number of anilines is 2. The van der Waals surface area contributed by atoms with Gasteiger partial charge in [-0.1, -0.05) is 0 Å². The Bertz CT molecular complexity index is 674. The van der Waals surface area contributed by atoms with E-state index in [1.165, 1.54) is 11.0 Å². The molecule has 122 valence electrons. The first-order valence-electron chi connectivity index (χ1n) is 6.24. The van der Waals surface area contributed by atoms with Crippen molar-refractivity contribution in [2.45, 2.75) is 6.18 Å². The van der Waals surface area contributed by atoms with Gasteiger partial charge in [-0.3, -0.25) is 5.32 Å². The molecular formula is C12H13F3N2O4S. The lowest BCUT2D eigenvalue weighted by Crippen LogP contribution is -2.40. The van der Waals surface area contributed by atoms with E-state index in [9.17, 15) is 26.4 Å². The van der Waals surface area contributed by atoms with E-state index in [1.54, 1.807) is 0 Å². The second-order valence-electron chi connectivity index (χ2n) is 4.84. The van der Waals surface area contributed by atoms with Crippen LogP contribution in [0.4, 0.5) is 29.3 Å². The summed E-state index contributed by atoms with van der Waals surface area (Å²) in [6, 6.07) is 2.82. The normalized spacial score (nSPS) is 18.0. The zero-order chi connectivity index (χ0) is 16.5. The van der Waals surface area contributed by atoms with Crippen LogP contribution in [0.2, 0.25) is 0 Å². The van der Waals surface area contributed by atoms with Crippen LogP contribution in [-0.4, -0.2) is 44.2 Å². The van der Waals surface area contributed by atoms with Crippen molar-refractivity contribution in [2.24, 2.45) is 0 Å². The summed E-state index contributed by atoms with van der Waals surface area (Å²) in [4.78, 5) is 12.1. The average molecular weight is 338 g/mol. The van der Waals surface area contributed by atoms with Gasteiger partial charge in [0.05, 0.1) is 17.1 Å². The first kappa shape index (κ1) is 16.4. The fraction of sp³-hybridized carbons (Fsp3) is 0.417. The number of hydrogen-bond acceptors (Lipinski definition) is 4. The molecule has 1 aromatic rings. The van der Waals surface area contributed by atoms with Crippen molar-refractivity contribution in [1.29, 1.82) is 0 Å². The lowest BCUT2D eigenvalue weighted by atomic mass is 10.1. The van der Waals surface area contributed by atoms with Gasteiger partial charge in [0.1, 0.15) is 0 Å². The van der Waals surface area contributed by atoms with E-state index < -0.39 is 27.7 Å². The van der Waals surface area contributed by atoms with Crippen molar-refractivity contribution >= 4 is 27.3 Å². The van der Waals surface area contributed by atoms with Crippen LogP contribution in [0.25, 0.3) is 0 Å². The van der Waals surface area contributed by atoms with E-state index in [0.29, 0.717) is 6.07 Å². The van der Waals surface area contributed by atoms with Gasteiger partial charge in [-0.15, -0.1) is 0 Å². The number of sulfone groups is 1. The summed E-state index contributed by atoms with van der Waals surface area (Å²) < 4.78 is 61.4. The second-order valence-corrected chi connectivity index (χ2v) is 7.14. The fourth-order valence-corrected chi connectivity index (χ4v) is 3.32. The molecule has 22 heavy (non-hydrogen) atoms. The number of carboxylic acid groups (broad SMARTS) is 1. The standard InChI is InChI=1S/C12H13F3N2O4S/c13-12(14,15)8-5-9(16-11(18)19)7-10(6-8)17-1-3-22(20,21)4-2-17/h5-7,16H,1-4H2,(H,18,19). The molecule has 1 aliphatic rings. The van der Waals surface area contributed by atoms with E-state index in [1.807, 2.05) is 5.32 Å². The van der Waals surface area contributed by atoms with E-state index in [-0.39, 0.29) is 36.0 Å². The van der Waals surface area contributed by atoms with Crippen molar-refractivity contribution in [1.82, 2.24) is 0 Å². The molecule has 2 rings (SSSR count). The van der Waals surface area contributed by atoms with Gasteiger partial charge < -0.3 is 10.0 Å². The zero-order valence-corrected chi connectivity index (χ0v) is 12.0. The highest BCUT2D eigenvalue weighted by atomic mass is 32.2. The Hall–Kier alpha value is -1.97. The molecule has 2 N–H and O–H groups in total. The number of nitrogens with zero attached hydrogens (tertiary/aromatic N) is 1. The highest BCUT2D eigenvalue weighted by molar-refractivity contribution is 7.91. The van der Waals surface area contributed by atoms with Gasteiger partial charge in [-0.2, -0.15) is 13.2 Å².